The second kappa shape index (κ2) is 3.97. The van der Waals surface area contributed by atoms with E-state index in [2.05, 4.69) is 0 Å². The summed E-state index contributed by atoms with van der Waals surface area (Å²) in [5.74, 6) is 0. The Morgan fingerprint density at radius 3 is 2.06 bits per heavy atom. The molecule has 0 atom stereocenters. The summed E-state index contributed by atoms with van der Waals surface area (Å²) in [5, 5.41) is 20.0. The number of nitrogens with zero attached hydrogens (tertiary/aromatic N) is 2. The summed E-state index contributed by atoms with van der Waals surface area (Å²) in [6, 6.07) is 1.98. The standard InChI is InChI=1S/C6H5N2O7P/c9-7(10)4-1-2-6(16(13,14)15)5(3-4)8(11)12/h1-3H,(H2,13,14,15). The van der Waals surface area contributed by atoms with Crippen molar-refractivity contribution in [3.8, 4) is 0 Å². The fourth-order valence-electron chi connectivity index (χ4n) is 1.02. The zero-order valence-corrected chi connectivity index (χ0v) is 8.40. The van der Waals surface area contributed by atoms with Crippen LogP contribution in [0.25, 0.3) is 0 Å². The Labute approximate surface area is 87.8 Å². The van der Waals surface area contributed by atoms with Crippen LogP contribution >= 0.6 is 7.60 Å². The van der Waals surface area contributed by atoms with E-state index < -0.39 is 34.1 Å². The van der Waals surface area contributed by atoms with Gasteiger partial charge in [0, 0.05) is 6.07 Å². The molecule has 1 aromatic rings. The number of rotatable bonds is 3. The van der Waals surface area contributed by atoms with E-state index in [9.17, 15) is 24.8 Å². The molecule has 0 amide bonds. The van der Waals surface area contributed by atoms with Crippen LogP contribution in [0.3, 0.4) is 0 Å². The highest BCUT2D eigenvalue weighted by atomic mass is 31.2. The molecule has 1 aromatic carbocycles. The minimum absolute atomic E-state index is 0.508. The number of nitro groups is 2. The van der Waals surface area contributed by atoms with Gasteiger partial charge in [-0.05, 0) is 6.07 Å². The van der Waals surface area contributed by atoms with Gasteiger partial charge >= 0.3 is 7.60 Å². The molecular formula is C6H5N2O7P. The second-order valence-electron chi connectivity index (χ2n) is 2.73. The molecule has 0 aliphatic carbocycles. The van der Waals surface area contributed by atoms with Crippen LogP contribution in [0.1, 0.15) is 0 Å². The molecule has 0 aliphatic heterocycles. The fourth-order valence-corrected chi connectivity index (χ4v) is 1.73. The number of benzene rings is 1. The van der Waals surface area contributed by atoms with E-state index in [1.807, 2.05) is 0 Å². The van der Waals surface area contributed by atoms with Gasteiger partial charge in [0.25, 0.3) is 11.4 Å². The highest BCUT2D eigenvalue weighted by Gasteiger charge is 2.30. The van der Waals surface area contributed by atoms with Crippen LogP contribution in [0, 0.1) is 20.2 Å². The summed E-state index contributed by atoms with van der Waals surface area (Å²) in [7, 11) is -4.82. The van der Waals surface area contributed by atoms with Gasteiger partial charge in [0.05, 0.1) is 15.9 Å². The van der Waals surface area contributed by atoms with Crippen LogP contribution < -0.4 is 5.30 Å². The molecule has 16 heavy (non-hydrogen) atoms. The Morgan fingerprint density at radius 2 is 1.69 bits per heavy atom. The van der Waals surface area contributed by atoms with Crippen molar-refractivity contribution in [1.29, 1.82) is 0 Å². The van der Waals surface area contributed by atoms with E-state index in [0.29, 0.717) is 12.1 Å². The van der Waals surface area contributed by atoms with Crippen molar-refractivity contribution in [2.24, 2.45) is 0 Å². The lowest BCUT2D eigenvalue weighted by molar-refractivity contribution is -0.393. The molecule has 0 saturated carbocycles. The largest absolute Gasteiger partial charge is 0.363 e. The number of nitro benzene ring substituents is 2. The van der Waals surface area contributed by atoms with Gasteiger partial charge in [0.2, 0.25) is 0 Å². The lowest BCUT2D eigenvalue weighted by atomic mass is 10.3. The van der Waals surface area contributed by atoms with E-state index in [1.54, 1.807) is 0 Å². The maximum Gasteiger partial charge on any atom is 0.363 e. The Bertz CT molecular complexity index is 508. The lowest BCUT2D eigenvalue weighted by Gasteiger charge is -2.03. The summed E-state index contributed by atoms with van der Waals surface area (Å²) in [5.41, 5.74) is -1.58. The Balaban J connectivity index is 3.49. The van der Waals surface area contributed by atoms with Gasteiger partial charge in [-0.3, -0.25) is 24.8 Å². The lowest BCUT2D eigenvalue weighted by Crippen LogP contribution is -2.10. The number of hydrogen-bond donors (Lipinski definition) is 2. The normalized spacial score (nSPS) is 11.1. The van der Waals surface area contributed by atoms with Crippen molar-refractivity contribution < 1.29 is 24.2 Å². The van der Waals surface area contributed by atoms with Crippen LogP contribution in [0.5, 0.6) is 0 Å². The molecule has 0 bridgehead atoms. The maximum atomic E-state index is 10.9. The molecule has 0 radical (unpaired) electrons. The van der Waals surface area contributed by atoms with Crippen LogP contribution in [-0.4, -0.2) is 19.6 Å². The van der Waals surface area contributed by atoms with Gasteiger partial charge < -0.3 is 9.79 Å². The van der Waals surface area contributed by atoms with E-state index in [1.165, 1.54) is 0 Å². The van der Waals surface area contributed by atoms with Gasteiger partial charge in [-0.2, -0.15) is 0 Å². The maximum absolute atomic E-state index is 10.9. The smallest absolute Gasteiger partial charge is 0.321 e. The van der Waals surface area contributed by atoms with Crippen molar-refractivity contribution >= 4 is 24.3 Å². The molecule has 0 spiro atoms. The van der Waals surface area contributed by atoms with Gasteiger partial charge in [-0.25, -0.2) is 0 Å². The van der Waals surface area contributed by atoms with Crippen molar-refractivity contribution in [3.05, 3.63) is 38.4 Å². The first-order valence-electron chi connectivity index (χ1n) is 3.72. The fraction of sp³-hybridized carbons (Fsp3) is 0. The van der Waals surface area contributed by atoms with E-state index >= 15 is 0 Å². The Kier molecular flexibility index (Phi) is 3.04. The molecule has 0 heterocycles. The third-order valence-electron chi connectivity index (χ3n) is 1.68. The predicted octanol–water partition coefficient (Wildman–Crippen LogP) is 0.306. The molecule has 0 unspecified atom stereocenters. The first kappa shape index (κ1) is 12.2. The van der Waals surface area contributed by atoms with E-state index in [-0.39, 0.29) is 0 Å². The van der Waals surface area contributed by atoms with Crippen LogP contribution in [0.2, 0.25) is 0 Å². The Hall–Kier alpha value is -1.83. The van der Waals surface area contributed by atoms with Crippen molar-refractivity contribution in [2.45, 2.75) is 0 Å². The molecule has 2 N–H and O–H groups in total. The number of non-ortho nitro benzene ring substituents is 1. The molecule has 0 aromatic heterocycles. The quantitative estimate of drug-likeness (QED) is 0.444. The highest BCUT2D eigenvalue weighted by Crippen LogP contribution is 2.38. The molecule has 0 fully saturated rings. The monoisotopic (exact) mass is 248 g/mol. The van der Waals surface area contributed by atoms with Gasteiger partial charge in [0.1, 0.15) is 5.30 Å². The third-order valence-corrected chi connectivity index (χ3v) is 2.69. The molecular weight excluding hydrogens is 243 g/mol. The third kappa shape index (κ3) is 2.40. The number of hydrogen-bond acceptors (Lipinski definition) is 5. The SMILES string of the molecule is O=[N+]([O-])c1ccc(P(=O)(O)O)c([N+](=O)[O-])c1. The van der Waals surface area contributed by atoms with Crippen LogP contribution in [0.15, 0.2) is 18.2 Å². The molecule has 1 rings (SSSR count). The summed E-state index contributed by atoms with van der Waals surface area (Å²) in [4.78, 5) is 36.4. The van der Waals surface area contributed by atoms with Crippen molar-refractivity contribution in [3.63, 3.8) is 0 Å². The molecule has 10 heteroatoms. The summed E-state index contributed by atoms with van der Waals surface area (Å²) in [6.07, 6.45) is 0. The molecule has 0 aliphatic rings. The predicted molar refractivity (Wildman–Crippen MR) is 51.4 cm³/mol. The first-order chi connectivity index (χ1) is 7.23. The average molecular weight is 248 g/mol. The van der Waals surface area contributed by atoms with Crippen molar-refractivity contribution in [1.82, 2.24) is 0 Å². The minimum atomic E-state index is -4.82. The summed E-state index contributed by atoms with van der Waals surface area (Å²) < 4.78 is 10.9. The van der Waals surface area contributed by atoms with Crippen LogP contribution in [0.4, 0.5) is 11.4 Å². The zero-order valence-electron chi connectivity index (χ0n) is 7.51. The van der Waals surface area contributed by atoms with E-state index in [4.69, 9.17) is 9.79 Å². The summed E-state index contributed by atoms with van der Waals surface area (Å²) in [6.45, 7) is 0. The van der Waals surface area contributed by atoms with Crippen LogP contribution in [-0.2, 0) is 4.57 Å². The molecule has 86 valence electrons. The second-order valence-corrected chi connectivity index (χ2v) is 4.30. The summed E-state index contributed by atoms with van der Waals surface area (Å²) >= 11 is 0. The first-order valence-corrected chi connectivity index (χ1v) is 5.33. The van der Waals surface area contributed by atoms with Gasteiger partial charge in [-0.1, -0.05) is 0 Å². The van der Waals surface area contributed by atoms with Gasteiger partial charge in [-0.15, -0.1) is 0 Å². The Morgan fingerprint density at radius 1 is 1.12 bits per heavy atom. The molecule has 0 saturated heterocycles. The van der Waals surface area contributed by atoms with E-state index in [0.717, 1.165) is 6.07 Å². The van der Waals surface area contributed by atoms with Gasteiger partial charge in [0.15, 0.2) is 0 Å². The zero-order chi connectivity index (χ0) is 12.5. The molecule has 9 nitrogen and oxygen atoms in total. The average Bonchev–Trinajstić information content (AvgIpc) is 2.15. The topological polar surface area (TPSA) is 144 Å². The van der Waals surface area contributed by atoms with Crippen molar-refractivity contribution in [2.75, 3.05) is 0 Å². The minimum Gasteiger partial charge on any atom is -0.321 e. The highest BCUT2D eigenvalue weighted by molar-refractivity contribution is 7.60.